The first-order valence-electron chi connectivity index (χ1n) is 9.25. The third-order valence-electron chi connectivity index (χ3n) is 4.36. The van der Waals surface area contributed by atoms with Crippen molar-refractivity contribution in [3.8, 4) is 11.5 Å². The molecule has 0 spiro atoms. The Morgan fingerprint density at radius 3 is 2.40 bits per heavy atom. The number of nitrogens with zero attached hydrogens (tertiary/aromatic N) is 2. The second-order valence-electron chi connectivity index (χ2n) is 6.46. The smallest absolute Gasteiger partial charge is 0.271 e. The zero-order chi connectivity index (χ0) is 21.5. The number of carbonyl (C=O) groups is 3. The van der Waals surface area contributed by atoms with Crippen molar-refractivity contribution in [1.29, 1.82) is 0 Å². The number of nitrogens with one attached hydrogen (secondary N) is 2. The van der Waals surface area contributed by atoms with Crippen molar-refractivity contribution in [3.63, 3.8) is 0 Å². The normalized spacial score (nSPS) is 13.3. The predicted octanol–water partition coefficient (Wildman–Crippen LogP) is 2.26. The number of rotatable bonds is 7. The van der Waals surface area contributed by atoms with Gasteiger partial charge in [-0.25, -0.2) is 5.01 Å². The topological polar surface area (TPSA) is 109 Å². The third kappa shape index (κ3) is 5.34. The number of hydrazone groups is 1. The summed E-state index contributed by atoms with van der Waals surface area (Å²) in [5.41, 5.74) is 1.28. The molecule has 9 heteroatoms. The van der Waals surface area contributed by atoms with Gasteiger partial charge in [0, 0.05) is 30.3 Å². The van der Waals surface area contributed by atoms with E-state index in [1.165, 1.54) is 7.11 Å². The number of amides is 3. The molecule has 0 saturated carbocycles. The van der Waals surface area contributed by atoms with Crippen molar-refractivity contribution < 1.29 is 23.9 Å². The van der Waals surface area contributed by atoms with E-state index in [0.717, 1.165) is 5.01 Å². The van der Waals surface area contributed by atoms with E-state index in [2.05, 4.69) is 15.7 Å². The summed E-state index contributed by atoms with van der Waals surface area (Å²) in [5, 5.41) is 10.5. The monoisotopic (exact) mass is 410 g/mol. The van der Waals surface area contributed by atoms with E-state index >= 15 is 0 Å². The highest BCUT2D eigenvalue weighted by Gasteiger charge is 2.26. The average Bonchev–Trinajstić information content (AvgIpc) is 2.75. The molecule has 0 atom stereocenters. The molecular weight excluding hydrogens is 388 g/mol. The zero-order valence-corrected chi connectivity index (χ0v) is 16.7. The second-order valence-corrected chi connectivity index (χ2v) is 6.46. The lowest BCUT2D eigenvalue weighted by atomic mass is 10.1. The quantitative estimate of drug-likeness (QED) is 0.728. The Hall–Kier alpha value is -3.88. The van der Waals surface area contributed by atoms with E-state index in [1.807, 2.05) is 0 Å². The van der Waals surface area contributed by atoms with Crippen LogP contribution in [0.1, 0.15) is 12.8 Å². The molecule has 0 unspecified atom stereocenters. The van der Waals surface area contributed by atoms with Gasteiger partial charge in [-0.05, 0) is 36.4 Å². The molecule has 0 aliphatic carbocycles. The molecular formula is C21H22N4O5. The maximum Gasteiger partial charge on any atom is 0.271 e. The van der Waals surface area contributed by atoms with Gasteiger partial charge in [0.25, 0.3) is 5.91 Å². The molecule has 3 amide bonds. The molecule has 0 aromatic heterocycles. The predicted molar refractivity (Wildman–Crippen MR) is 112 cm³/mol. The van der Waals surface area contributed by atoms with E-state index in [0.29, 0.717) is 22.9 Å². The Bertz CT molecular complexity index is 972. The van der Waals surface area contributed by atoms with Crippen molar-refractivity contribution in [2.24, 2.45) is 5.10 Å². The molecule has 2 N–H and O–H groups in total. The summed E-state index contributed by atoms with van der Waals surface area (Å²) >= 11 is 0. The Labute approximate surface area is 173 Å². The van der Waals surface area contributed by atoms with Gasteiger partial charge < -0.3 is 20.1 Å². The van der Waals surface area contributed by atoms with Crippen LogP contribution in [-0.2, 0) is 14.4 Å². The number of benzene rings is 2. The van der Waals surface area contributed by atoms with Crippen molar-refractivity contribution in [3.05, 3.63) is 48.5 Å². The van der Waals surface area contributed by atoms with Crippen LogP contribution in [-0.4, -0.2) is 49.2 Å². The fourth-order valence-corrected chi connectivity index (χ4v) is 2.80. The van der Waals surface area contributed by atoms with Crippen LogP contribution in [0.2, 0.25) is 0 Å². The van der Waals surface area contributed by atoms with Gasteiger partial charge in [0.2, 0.25) is 11.8 Å². The first-order chi connectivity index (χ1) is 14.5. The number of anilines is 2. The molecule has 1 aliphatic heterocycles. The van der Waals surface area contributed by atoms with E-state index in [9.17, 15) is 14.4 Å². The van der Waals surface area contributed by atoms with E-state index < -0.39 is 11.8 Å². The molecule has 0 saturated heterocycles. The highest BCUT2D eigenvalue weighted by atomic mass is 16.5. The maximum absolute atomic E-state index is 12.5. The van der Waals surface area contributed by atoms with Crippen LogP contribution in [0.5, 0.6) is 11.5 Å². The van der Waals surface area contributed by atoms with Crippen LogP contribution >= 0.6 is 0 Å². The minimum absolute atomic E-state index is 0.0985. The first-order valence-corrected chi connectivity index (χ1v) is 9.25. The van der Waals surface area contributed by atoms with Crippen LogP contribution in [0.15, 0.2) is 53.6 Å². The van der Waals surface area contributed by atoms with Gasteiger partial charge >= 0.3 is 0 Å². The Balaban J connectivity index is 1.63. The number of hydrogen-bond acceptors (Lipinski definition) is 6. The Morgan fingerprint density at radius 2 is 1.70 bits per heavy atom. The highest BCUT2D eigenvalue weighted by molar-refractivity contribution is 6.43. The molecule has 156 valence electrons. The maximum atomic E-state index is 12.5. The summed E-state index contributed by atoms with van der Waals surface area (Å²) in [6.45, 7) is -0.296. The van der Waals surface area contributed by atoms with Gasteiger partial charge in [-0.2, -0.15) is 5.10 Å². The molecule has 0 radical (unpaired) electrons. The Morgan fingerprint density at radius 1 is 0.967 bits per heavy atom. The van der Waals surface area contributed by atoms with Gasteiger partial charge in [0.15, 0.2) is 0 Å². The first kappa shape index (κ1) is 20.8. The molecule has 3 rings (SSSR count). The van der Waals surface area contributed by atoms with Gasteiger partial charge in [0.1, 0.15) is 23.8 Å². The SMILES string of the molecule is COc1ccc(NC(=O)C2=NN(CC(=O)Nc3cccc(OC)c3)C(=O)CC2)cc1. The molecule has 1 heterocycles. The van der Waals surface area contributed by atoms with Crippen LogP contribution in [0, 0.1) is 0 Å². The molecule has 1 aliphatic rings. The minimum atomic E-state index is -0.433. The van der Waals surface area contributed by atoms with Crippen LogP contribution < -0.4 is 20.1 Å². The summed E-state index contributed by atoms with van der Waals surface area (Å²) in [6.07, 6.45) is 0.302. The van der Waals surface area contributed by atoms with Gasteiger partial charge in [0.05, 0.1) is 14.2 Å². The molecule has 9 nitrogen and oxygen atoms in total. The second kappa shape index (κ2) is 9.55. The highest BCUT2D eigenvalue weighted by Crippen LogP contribution is 2.18. The largest absolute Gasteiger partial charge is 0.497 e. The zero-order valence-electron chi connectivity index (χ0n) is 16.7. The summed E-state index contributed by atoms with van der Waals surface area (Å²) in [7, 11) is 3.08. The molecule has 0 bridgehead atoms. The summed E-state index contributed by atoms with van der Waals surface area (Å²) < 4.78 is 10.2. The molecule has 2 aromatic rings. The summed E-state index contributed by atoms with van der Waals surface area (Å²) in [6, 6.07) is 13.7. The van der Waals surface area contributed by atoms with Crippen LogP contribution in [0.25, 0.3) is 0 Å². The van der Waals surface area contributed by atoms with E-state index in [4.69, 9.17) is 9.47 Å². The van der Waals surface area contributed by atoms with E-state index in [-0.39, 0.29) is 31.0 Å². The standard InChI is InChI=1S/C21H22N4O5/c1-29-16-8-6-14(7-9-16)23-21(28)18-10-11-20(27)25(24-18)13-19(26)22-15-4-3-5-17(12-15)30-2/h3-9,12H,10-11,13H2,1-2H3,(H,22,26)(H,23,28). The summed E-state index contributed by atoms with van der Waals surface area (Å²) in [5.74, 6) is 0.0824. The number of ether oxygens (including phenoxy) is 2. The van der Waals surface area contributed by atoms with Crippen molar-refractivity contribution >= 4 is 34.8 Å². The lowest BCUT2D eigenvalue weighted by molar-refractivity contribution is -0.135. The molecule has 0 fully saturated rings. The van der Waals surface area contributed by atoms with Crippen molar-refractivity contribution in [2.45, 2.75) is 12.8 Å². The molecule has 2 aromatic carbocycles. The van der Waals surface area contributed by atoms with Crippen molar-refractivity contribution in [1.82, 2.24) is 5.01 Å². The van der Waals surface area contributed by atoms with Gasteiger partial charge in [-0.3, -0.25) is 14.4 Å². The minimum Gasteiger partial charge on any atom is -0.497 e. The average molecular weight is 410 g/mol. The lowest BCUT2D eigenvalue weighted by Crippen LogP contribution is -2.40. The van der Waals surface area contributed by atoms with Crippen LogP contribution in [0.3, 0.4) is 0 Å². The summed E-state index contributed by atoms with van der Waals surface area (Å²) in [4.78, 5) is 37.0. The lowest BCUT2D eigenvalue weighted by Gasteiger charge is -2.22. The van der Waals surface area contributed by atoms with Gasteiger partial charge in [-0.1, -0.05) is 6.07 Å². The number of carbonyl (C=O) groups excluding carboxylic acids is 3. The number of hydrogen-bond donors (Lipinski definition) is 2. The fourth-order valence-electron chi connectivity index (χ4n) is 2.80. The Kier molecular flexibility index (Phi) is 6.63. The van der Waals surface area contributed by atoms with Gasteiger partial charge in [-0.15, -0.1) is 0 Å². The van der Waals surface area contributed by atoms with E-state index in [1.54, 1.807) is 55.6 Å². The fraction of sp³-hybridized carbons (Fsp3) is 0.238. The van der Waals surface area contributed by atoms with Crippen LogP contribution in [0.4, 0.5) is 11.4 Å². The number of methoxy groups -OCH3 is 2. The van der Waals surface area contributed by atoms with Crippen molar-refractivity contribution in [2.75, 3.05) is 31.4 Å². The molecule has 30 heavy (non-hydrogen) atoms. The third-order valence-corrected chi connectivity index (χ3v) is 4.36.